The van der Waals surface area contributed by atoms with Gasteiger partial charge in [0.15, 0.2) is 0 Å². The first-order valence-electron chi connectivity index (χ1n) is 11.9. The monoisotopic (exact) mass is 482 g/mol. The molecule has 0 radical (unpaired) electrons. The molecule has 1 unspecified atom stereocenters. The maximum absolute atomic E-state index is 13.2. The number of rotatable bonds is 9. The zero-order valence-corrected chi connectivity index (χ0v) is 20.8. The average Bonchev–Trinajstić information content (AvgIpc) is 3.33. The van der Waals surface area contributed by atoms with Crippen LogP contribution in [0.2, 0.25) is 10.0 Å². The van der Waals surface area contributed by atoms with Gasteiger partial charge in [0, 0.05) is 44.8 Å². The fourth-order valence-corrected chi connectivity index (χ4v) is 5.25. The summed E-state index contributed by atoms with van der Waals surface area (Å²) in [6.07, 6.45) is 4.61. The van der Waals surface area contributed by atoms with Gasteiger partial charge in [0.05, 0.1) is 16.1 Å². The van der Waals surface area contributed by atoms with Gasteiger partial charge in [-0.1, -0.05) is 49.9 Å². The number of nitrogens with zero attached hydrogens (tertiary/aromatic N) is 3. The van der Waals surface area contributed by atoms with E-state index in [1.807, 2.05) is 4.90 Å². The van der Waals surface area contributed by atoms with E-state index in [0.29, 0.717) is 54.3 Å². The summed E-state index contributed by atoms with van der Waals surface area (Å²) in [4.78, 5) is 32.6. The minimum Gasteiger partial charge on any atom is -0.353 e. The van der Waals surface area contributed by atoms with Gasteiger partial charge in [-0.25, -0.2) is 0 Å². The van der Waals surface area contributed by atoms with Crippen LogP contribution in [0.1, 0.15) is 49.9 Å². The van der Waals surface area contributed by atoms with Crippen molar-refractivity contribution < 1.29 is 9.59 Å². The lowest BCUT2D eigenvalue weighted by molar-refractivity contribution is -0.129. The molecule has 8 heteroatoms. The molecule has 1 saturated carbocycles. The standard InChI is InChI=1S/C24H36Cl2N4O2/c1-3-28(4-2)12-11-27-23(31)22(18-7-5-6-8-18)29-13-15-30(16-14-29)24(32)19-9-10-20(25)21(26)17-19/h9-10,17-18,22H,3-8,11-16H2,1-2H3,(H,27,31). The van der Waals surface area contributed by atoms with Gasteiger partial charge in [0.1, 0.15) is 0 Å². The molecule has 2 fully saturated rings. The third-order valence-electron chi connectivity index (χ3n) is 6.90. The molecule has 178 valence electrons. The molecule has 0 spiro atoms. The second-order valence-corrected chi connectivity index (χ2v) is 9.58. The summed E-state index contributed by atoms with van der Waals surface area (Å²) in [6, 6.07) is 4.90. The molecular weight excluding hydrogens is 447 g/mol. The molecule has 6 nitrogen and oxygen atoms in total. The molecule has 0 aromatic heterocycles. The third-order valence-corrected chi connectivity index (χ3v) is 7.64. The van der Waals surface area contributed by atoms with Crippen LogP contribution in [0.5, 0.6) is 0 Å². The van der Waals surface area contributed by atoms with E-state index in [4.69, 9.17) is 23.2 Å². The van der Waals surface area contributed by atoms with Gasteiger partial charge in [0.25, 0.3) is 5.91 Å². The fraction of sp³-hybridized carbons (Fsp3) is 0.667. The second kappa shape index (κ2) is 12.2. The van der Waals surface area contributed by atoms with Crippen molar-refractivity contribution >= 4 is 35.0 Å². The molecule has 1 aromatic rings. The maximum atomic E-state index is 13.2. The van der Waals surface area contributed by atoms with Crippen molar-refractivity contribution in [1.82, 2.24) is 20.0 Å². The first-order chi connectivity index (χ1) is 15.4. The van der Waals surface area contributed by atoms with Crippen LogP contribution in [0, 0.1) is 5.92 Å². The highest BCUT2D eigenvalue weighted by Crippen LogP contribution is 2.31. The Balaban J connectivity index is 1.59. The highest BCUT2D eigenvalue weighted by molar-refractivity contribution is 6.42. The molecule has 0 bridgehead atoms. The van der Waals surface area contributed by atoms with E-state index in [-0.39, 0.29) is 17.9 Å². The Labute approximate surface area is 202 Å². The molecule has 2 aliphatic rings. The summed E-state index contributed by atoms with van der Waals surface area (Å²) < 4.78 is 0. The molecule has 1 saturated heterocycles. The Hall–Kier alpha value is -1.34. The molecule has 1 aliphatic carbocycles. The van der Waals surface area contributed by atoms with Gasteiger partial charge in [-0.15, -0.1) is 0 Å². The molecule has 1 aliphatic heterocycles. The first-order valence-corrected chi connectivity index (χ1v) is 12.7. The number of amides is 2. The quantitative estimate of drug-likeness (QED) is 0.581. The van der Waals surface area contributed by atoms with Crippen LogP contribution in [-0.4, -0.2) is 84.9 Å². The largest absolute Gasteiger partial charge is 0.353 e. The van der Waals surface area contributed by atoms with Gasteiger partial charge in [-0.3, -0.25) is 14.5 Å². The summed E-state index contributed by atoms with van der Waals surface area (Å²) in [7, 11) is 0. The third kappa shape index (κ3) is 6.37. The van der Waals surface area contributed by atoms with E-state index < -0.39 is 0 Å². The normalized spacial score (nSPS) is 18.8. The van der Waals surface area contributed by atoms with Crippen molar-refractivity contribution in [3.05, 3.63) is 33.8 Å². The van der Waals surface area contributed by atoms with E-state index in [1.165, 1.54) is 12.8 Å². The molecule has 1 atom stereocenters. The lowest BCUT2D eigenvalue weighted by atomic mass is 9.95. The number of halogens is 2. The Morgan fingerprint density at radius 2 is 1.72 bits per heavy atom. The predicted molar refractivity (Wildman–Crippen MR) is 130 cm³/mol. The molecular formula is C24H36Cl2N4O2. The molecule has 1 heterocycles. The first kappa shape index (κ1) is 25.3. The van der Waals surface area contributed by atoms with Gasteiger partial charge in [-0.05, 0) is 50.0 Å². The molecule has 3 rings (SSSR count). The molecule has 1 N–H and O–H groups in total. The van der Waals surface area contributed by atoms with Crippen LogP contribution < -0.4 is 5.32 Å². The van der Waals surface area contributed by atoms with E-state index in [9.17, 15) is 9.59 Å². The van der Waals surface area contributed by atoms with Crippen LogP contribution in [0.4, 0.5) is 0 Å². The van der Waals surface area contributed by atoms with Gasteiger partial charge >= 0.3 is 0 Å². The minimum atomic E-state index is -0.101. The van der Waals surface area contributed by atoms with Crippen LogP contribution in [0.3, 0.4) is 0 Å². The van der Waals surface area contributed by atoms with Crippen LogP contribution in [0.15, 0.2) is 18.2 Å². The van der Waals surface area contributed by atoms with E-state index in [0.717, 1.165) is 32.5 Å². The van der Waals surface area contributed by atoms with Crippen LogP contribution in [0.25, 0.3) is 0 Å². The second-order valence-electron chi connectivity index (χ2n) is 8.76. The number of likely N-dealkylation sites (N-methyl/N-ethyl adjacent to an activating group) is 1. The molecule has 1 aromatic carbocycles. The van der Waals surface area contributed by atoms with Crippen LogP contribution >= 0.6 is 23.2 Å². The SMILES string of the molecule is CCN(CC)CCNC(=O)C(C1CCCC1)N1CCN(C(=O)c2ccc(Cl)c(Cl)c2)CC1. The summed E-state index contributed by atoms with van der Waals surface area (Å²) >= 11 is 12.1. The van der Waals surface area contributed by atoms with Crippen molar-refractivity contribution in [2.24, 2.45) is 5.92 Å². The van der Waals surface area contributed by atoms with Gasteiger partial charge < -0.3 is 15.1 Å². The van der Waals surface area contributed by atoms with E-state index in [1.54, 1.807) is 18.2 Å². The smallest absolute Gasteiger partial charge is 0.253 e. The van der Waals surface area contributed by atoms with Crippen LogP contribution in [-0.2, 0) is 4.79 Å². The number of carbonyl (C=O) groups is 2. The van der Waals surface area contributed by atoms with Crippen molar-refractivity contribution in [2.75, 3.05) is 52.4 Å². The Morgan fingerprint density at radius 3 is 2.31 bits per heavy atom. The maximum Gasteiger partial charge on any atom is 0.253 e. The minimum absolute atomic E-state index is 0.0377. The van der Waals surface area contributed by atoms with Gasteiger partial charge in [-0.2, -0.15) is 0 Å². The lowest BCUT2D eigenvalue weighted by Crippen LogP contribution is -2.58. The Morgan fingerprint density at radius 1 is 1.06 bits per heavy atom. The highest BCUT2D eigenvalue weighted by Gasteiger charge is 2.37. The lowest BCUT2D eigenvalue weighted by Gasteiger charge is -2.41. The van der Waals surface area contributed by atoms with E-state index in [2.05, 4.69) is 29.0 Å². The van der Waals surface area contributed by atoms with E-state index >= 15 is 0 Å². The predicted octanol–water partition coefficient (Wildman–Crippen LogP) is 3.77. The zero-order valence-electron chi connectivity index (χ0n) is 19.3. The Kier molecular flexibility index (Phi) is 9.65. The fourth-order valence-electron chi connectivity index (χ4n) is 4.95. The van der Waals surface area contributed by atoms with Gasteiger partial charge in [0.2, 0.25) is 5.91 Å². The summed E-state index contributed by atoms with van der Waals surface area (Å²) in [5.74, 6) is 0.512. The van der Waals surface area contributed by atoms with Crippen molar-refractivity contribution in [3.63, 3.8) is 0 Å². The Bertz CT molecular complexity index is 773. The molecule has 32 heavy (non-hydrogen) atoms. The zero-order chi connectivity index (χ0) is 23.1. The number of benzene rings is 1. The van der Waals surface area contributed by atoms with Crippen molar-refractivity contribution in [3.8, 4) is 0 Å². The topological polar surface area (TPSA) is 55.9 Å². The number of hydrogen-bond acceptors (Lipinski definition) is 4. The van der Waals surface area contributed by atoms with Crippen molar-refractivity contribution in [2.45, 2.75) is 45.6 Å². The highest BCUT2D eigenvalue weighted by atomic mass is 35.5. The number of nitrogens with one attached hydrogen (secondary N) is 1. The summed E-state index contributed by atoms with van der Waals surface area (Å²) in [5.41, 5.74) is 0.550. The number of hydrogen-bond donors (Lipinski definition) is 1. The summed E-state index contributed by atoms with van der Waals surface area (Å²) in [5, 5.41) is 4.03. The number of piperazine rings is 1. The average molecular weight is 483 g/mol. The number of carbonyl (C=O) groups excluding carboxylic acids is 2. The summed E-state index contributed by atoms with van der Waals surface area (Å²) in [6.45, 7) is 10.5. The molecule has 2 amide bonds. The van der Waals surface area contributed by atoms with Crippen molar-refractivity contribution in [1.29, 1.82) is 0 Å².